The average Bonchev–Trinajstić information content (AvgIpc) is 3.15. The first kappa shape index (κ1) is 20.9. The fourth-order valence-corrected chi connectivity index (χ4v) is 4.83. The number of non-ortho nitro benzene ring substituents is 1. The maximum atomic E-state index is 13.5. The highest BCUT2D eigenvalue weighted by atomic mass is 16.6. The van der Waals surface area contributed by atoms with E-state index >= 15 is 0 Å². The first-order valence-electron chi connectivity index (χ1n) is 10.9. The van der Waals surface area contributed by atoms with Crippen LogP contribution in [0.1, 0.15) is 46.7 Å². The second-order valence-corrected chi connectivity index (χ2v) is 8.26. The van der Waals surface area contributed by atoms with Gasteiger partial charge in [-0.15, -0.1) is 0 Å². The molecule has 8 heteroatoms. The Labute approximate surface area is 190 Å². The summed E-state index contributed by atoms with van der Waals surface area (Å²) in [5, 5.41) is 11.2. The lowest BCUT2D eigenvalue weighted by Gasteiger charge is -2.36. The van der Waals surface area contributed by atoms with E-state index in [1.165, 1.54) is 19.2 Å². The second kappa shape index (κ2) is 8.20. The summed E-state index contributed by atoms with van der Waals surface area (Å²) in [6.45, 7) is 1.45. The van der Waals surface area contributed by atoms with Gasteiger partial charge in [0.1, 0.15) is 11.3 Å². The molecule has 8 nitrogen and oxygen atoms in total. The second-order valence-electron chi connectivity index (χ2n) is 8.26. The Kier molecular flexibility index (Phi) is 5.20. The van der Waals surface area contributed by atoms with Gasteiger partial charge in [-0.2, -0.15) is 0 Å². The lowest BCUT2D eigenvalue weighted by molar-refractivity contribution is -0.384. The van der Waals surface area contributed by atoms with Crippen molar-refractivity contribution in [2.24, 2.45) is 0 Å². The molecule has 2 aromatic carbocycles. The Bertz CT molecular complexity index is 1220. The number of esters is 1. The SMILES string of the molecule is COC(=O)C1=C(N2CCCCC2)OC2=C(C(=O)c3ccccc32)C1c1ccc([N+](=O)[O-])cc1. The number of hydrogen-bond donors (Lipinski definition) is 0. The van der Waals surface area contributed by atoms with Crippen molar-refractivity contribution in [3.8, 4) is 0 Å². The Morgan fingerprint density at radius 1 is 1.06 bits per heavy atom. The van der Waals surface area contributed by atoms with E-state index in [1.54, 1.807) is 24.3 Å². The number of rotatable bonds is 4. The van der Waals surface area contributed by atoms with Crippen LogP contribution < -0.4 is 0 Å². The molecule has 0 radical (unpaired) electrons. The molecule has 168 valence electrons. The van der Waals surface area contributed by atoms with Gasteiger partial charge in [-0.3, -0.25) is 14.9 Å². The van der Waals surface area contributed by atoms with E-state index in [0.717, 1.165) is 32.4 Å². The Morgan fingerprint density at radius 3 is 2.36 bits per heavy atom. The van der Waals surface area contributed by atoms with Crippen molar-refractivity contribution in [3.05, 3.63) is 92.4 Å². The van der Waals surface area contributed by atoms with Crippen LogP contribution in [-0.4, -0.2) is 41.8 Å². The molecule has 0 N–H and O–H groups in total. The van der Waals surface area contributed by atoms with Gasteiger partial charge in [0.15, 0.2) is 5.78 Å². The summed E-state index contributed by atoms with van der Waals surface area (Å²) in [5.74, 6) is -0.739. The normalized spacial score (nSPS) is 19.7. The standard InChI is InChI=1S/C25H22N2O6/c1-32-25(29)21-19(15-9-11-16(12-10-15)27(30)31)20-22(28)17-7-3-4-8-18(17)23(20)33-24(21)26-13-5-2-6-14-26/h3-4,7-12,19H,2,5-6,13-14H2,1H3. The molecule has 0 saturated carbocycles. The minimum Gasteiger partial charge on any atom is -0.465 e. The zero-order valence-corrected chi connectivity index (χ0v) is 18.1. The maximum Gasteiger partial charge on any atom is 0.340 e. The number of allylic oxidation sites excluding steroid dienone is 1. The molecule has 1 atom stereocenters. The molecule has 2 aliphatic heterocycles. The molecule has 0 amide bonds. The molecule has 0 aromatic heterocycles. The third-order valence-electron chi connectivity index (χ3n) is 6.40. The summed E-state index contributed by atoms with van der Waals surface area (Å²) in [4.78, 5) is 39.3. The molecule has 0 spiro atoms. The minimum atomic E-state index is -0.765. The predicted molar refractivity (Wildman–Crippen MR) is 119 cm³/mol. The Balaban J connectivity index is 1.73. The van der Waals surface area contributed by atoms with Crippen LogP contribution in [-0.2, 0) is 14.3 Å². The van der Waals surface area contributed by atoms with Crippen molar-refractivity contribution >= 4 is 23.2 Å². The number of ketones is 1. The van der Waals surface area contributed by atoms with Crippen molar-refractivity contribution in [2.75, 3.05) is 20.2 Å². The third kappa shape index (κ3) is 3.38. The minimum absolute atomic E-state index is 0.0686. The molecular formula is C25H22N2O6. The zero-order chi connectivity index (χ0) is 23.1. The summed E-state index contributed by atoms with van der Waals surface area (Å²) in [5.41, 5.74) is 2.31. The van der Waals surface area contributed by atoms with Gasteiger partial charge in [-0.25, -0.2) is 4.79 Å². The number of piperidine rings is 1. The molecular weight excluding hydrogens is 424 g/mol. The average molecular weight is 446 g/mol. The first-order valence-corrected chi connectivity index (χ1v) is 10.9. The first-order chi connectivity index (χ1) is 16.0. The summed E-state index contributed by atoms with van der Waals surface area (Å²) in [6.07, 6.45) is 3.02. The van der Waals surface area contributed by atoms with Crippen molar-refractivity contribution in [1.82, 2.24) is 4.90 Å². The van der Waals surface area contributed by atoms with E-state index < -0.39 is 16.8 Å². The third-order valence-corrected chi connectivity index (χ3v) is 6.40. The van der Waals surface area contributed by atoms with Crippen LogP contribution in [0.25, 0.3) is 5.76 Å². The van der Waals surface area contributed by atoms with Crippen molar-refractivity contribution in [1.29, 1.82) is 0 Å². The number of carbonyl (C=O) groups excluding carboxylic acids is 2. The molecule has 3 aliphatic rings. The van der Waals surface area contributed by atoms with Crippen molar-refractivity contribution in [2.45, 2.75) is 25.2 Å². The molecule has 5 rings (SSSR count). The van der Waals surface area contributed by atoms with Crippen LogP contribution in [0.15, 0.2) is 65.6 Å². The lowest BCUT2D eigenvalue weighted by atomic mass is 9.81. The van der Waals surface area contributed by atoms with Crippen LogP contribution in [0.3, 0.4) is 0 Å². The fourth-order valence-electron chi connectivity index (χ4n) is 4.83. The number of benzene rings is 2. The van der Waals surface area contributed by atoms with Gasteiger partial charge < -0.3 is 14.4 Å². The predicted octanol–water partition coefficient (Wildman–Crippen LogP) is 4.19. The number of hydrogen-bond acceptors (Lipinski definition) is 7. The number of methoxy groups -OCH3 is 1. The summed E-state index contributed by atoms with van der Waals surface area (Å²) < 4.78 is 11.5. The van der Waals surface area contributed by atoms with Gasteiger partial charge in [0.25, 0.3) is 5.69 Å². The number of likely N-dealkylation sites (tertiary alicyclic amines) is 1. The fraction of sp³-hybridized carbons (Fsp3) is 0.280. The van der Waals surface area contributed by atoms with E-state index in [-0.39, 0.29) is 17.0 Å². The highest BCUT2D eigenvalue weighted by Crippen LogP contribution is 2.50. The smallest absolute Gasteiger partial charge is 0.340 e. The molecule has 1 fully saturated rings. The molecule has 0 bridgehead atoms. The Hall–Kier alpha value is -3.94. The van der Waals surface area contributed by atoms with Crippen LogP contribution in [0.2, 0.25) is 0 Å². The topological polar surface area (TPSA) is 99.0 Å². The highest BCUT2D eigenvalue weighted by molar-refractivity contribution is 6.22. The van der Waals surface area contributed by atoms with Crippen LogP contribution in [0, 0.1) is 10.1 Å². The molecule has 1 aliphatic carbocycles. The number of nitrogens with zero attached hydrogens (tertiary/aromatic N) is 2. The van der Waals surface area contributed by atoms with E-state index in [4.69, 9.17) is 9.47 Å². The molecule has 33 heavy (non-hydrogen) atoms. The largest absolute Gasteiger partial charge is 0.465 e. The Morgan fingerprint density at radius 2 is 1.73 bits per heavy atom. The number of Topliss-reactive ketones (excluding diaryl/α,β-unsaturated/α-hetero) is 1. The molecule has 1 unspecified atom stereocenters. The van der Waals surface area contributed by atoms with Crippen molar-refractivity contribution < 1.29 is 24.0 Å². The molecule has 1 saturated heterocycles. The van der Waals surface area contributed by atoms with Gasteiger partial charge in [0.05, 0.1) is 23.5 Å². The van der Waals surface area contributed by atoms with Gasteiger partial charge in [0, 0.05) is 36.3 Å². The number of nitro groups is 1. The van der Waals surface area contributed by atoms with E-state index in [2.05, 4.69) is 0 Å². The van der Waals surface area contributed by atoms with Crippen LogP contribution in [0.5, 0.6) is 0 Å². The number of fused-ring (bicyclic) bond motifs is 2. The van der Waals surface area contributed by atoms with Gasteiger partial charge in [-0.05, 0) is 24.8 Å². The summed E-state index contributed by atoms with van der Waals surface area (Å²) in [7, 11) is 1.30. The maximum absolute atomic E-state index is 13.5. The lowest BCUT2D eigenvalue weighted by Crippen LogP contribution is -2.36. The number of nitro benzene ring substituents is 1. The van der Waals surface area contributed by atoms with Crippen molar-refractivity contribution in [3.63, 3.8) is 0 Å². The monoisotopic (exact) mass is 446 g/mol. The molecule has 2 aromatic rings. The van der Waals surface area contributed by atoms with Gasteiger partial charge in [0.2, 0.25) is 5.88 Å². The highest BCUT2D eigenvalue weighted by Gasteiger charge is 2.46. The van der Waals surface area contributed by atoms with Gasteiger partial charge in [-0.1, -0.05) is 36.4 Å². The summed E-state index contributed by atoms with van der Waals surface area (Å²) in [6, 6.07) is 13.1. The van der Waals surface area contributed by atoms with E-state index in [1.807, 2.05) is 17.0 Å². The van der Waals surface area contributed by atoms with Crippen LogP contribution >= 0.6 is 0 Å². The zero-order valence-electron chi connectivity index (χ0n) is 18.1. The van der Waals surface area contributed by atoms with E-state index in [0.29, 0.717) is 33.9 Å². The number of carbonyl (C=O) groups is 2. The molecule has 2 heterocycles. The van der Waals surface area contributed by atoms with E-state index in [9.17, 15) is 19.7 Å². The number of ether oxygens (including phenoxy) is 2. The summed E-state index contributed by atoms with van der Waals surface area (Å²) >= 11 is 0. The van der Waals surface area contributed by atoms with Gasteiger partial charge >= 0.3 is 5.97 Å². The quantitative estimate of drug-likeness (QED) is 0.395. The van der Waals surface area contributed by atoms with Crippen LogP contribution in [0.4, 0.5) is 5.69 Å².